The second-order valence-electron chi connectivity index (χ2n) is 12.9. The monoisotopic (exact) mass is 613 g/mol. The summed E-state index contributed by atoms with van der Waals surface area (Å²) >= 11 is 1.88. The van der Waals surface area contributed by atoms with Crippen LogP contribution in [0.5, 0.6) is 0 Å². The molecule has 0 spiro atoms. The number of rotatable bonds is 3. The highest BCUT2D eigenvalue weighted by molar-refractivity contribution is 7.99. The van der Waals surface area contributed by atoms with Crippen molar-refractivity contribution in [1.82, 2.24) is 4.57 Å². The predicted octanol–water partition coefficient (Wildman–Crippen LogP) is 10.5. The first-order valence-corrected chi connectivity index (χ1v) is 17.1. The van der Waals surface area contributed by atoms with Gasteiger partial charge in [-0.25, -0.2) is 0 Å². The van der Waals surface area contributed by atoms with E-state index < -0.39 is 0 Å². The highest BCUT2D eigenvalue weighted by atomic mass is 32.2. The van der Waals surface area contributed by atoms with Crippen LogP contribution in [0.3, 0.4) is 0 Å². The van der Waals surface area contributed by atoms with Crippen LogP contribution in [-0.4, -0.2) is 4.57 Å². The molecule has 0 unspecified atom stereocenters. The van der Waals surface area contributed by atoms with E-state index in [0.717, 1.165) is 0 Å². The summed E-state index contributed by atoms with van der Waals surface area (Å²) in [6, 6.07) is 51.7. The summed E-state index contributed by atoms with van der Waals surface area (Å²) in [6.45, 7) is 0. The molecule has 2 heteroatoms. The van der Waals surface area contributed by atoms with Crippen LogP contribution in [-0.2, 0) is 0 Å². The van der Waals surface area contributed by atoms with Gasteiger partial charge in [0.25, 0.3) is 0 Å². The second-order valence-corrected chi connectivity index (χ2v) is 14.0. The van der Waals surface area contributed by atoms with Crippen LogP contribution in [0.4, 0.5) is 0 Å². The Hall–Kier alpha value is -5.57. The van der Waals surface area contributed by atoms with E-state index in [0.29, 0.717) is 5.92 Å². The van der Waals surface area contributed by atoms with Crippen LogP contribution < -0.4 is 10.6 Å². The first kappa shape index (κ1) is 25.6. The number of aromatic nitrogens is 1. The van der Waals surface area contributed by atoms with Crippen molar-refractivity contribution in [3.8, 4) is 39.1 Å². The molecule has 47 heavy (non-hydrogen) atoms. The van der Waals surface area contributed by atoms with E-state index >= 15 is 0 Å². The van der Waals surface area contributed by atoms with E-state index in [9.17, 15) is 0 Å². The van der Waals surface area contributed by atoms with E-state index in [1.807, 2.05) is 11.8 Å². The van der Waals surface area contributed by atoms with Crippen LogP contribution in [0.25, 0.3) is 83.7 Å². The van der Waals surface area contributed by atoms with Crippen molar-refractivity contribution in [1.29, 1.82) is 0 Å². The Kier molecular flexibility index (Phi) is 5.16. The maximum Gasteiger partial charge on any atom is 0.0619 e. The standard InChI is InChI=1S/C45H27NS/c1-2-7-33(8-3-1)46-41-26-32-23-31(32)25-40(41)38-20-19-29-17-18-30(24-39(29)45(38)46)27-13-15-28(16-14-27)34-21-22-43-44-36(34)10-6-11-37(44)35-9-4-5-12-42(35)47-43/h1-26,31H/t31-/m0/s1. The van der Waals surface area contributed by atoms with Gasteiger partial charge in [-0.15, -0.1) is 0 Å². The van der Waals surface area contributed by atoms with Crippen molar-refractivity contribution >= 4 is 56.4 Å². The van der Waals surface area contributed by atoms with Crippen LogP contribution in [0.15, 0.2) is 161 Å². The molecule has 0 saturated heterocycles. The molecule has 11 rings (SSSR count). The van der Waals surface area contributed by atoms with Crippen LogP contribution in [0.2, 0.25) is 0 Å². The van der Waals surface area contributed by atoms with E-state index in [4.69, 9.17) is 0 Å². The van der Waals surface area contributed by atoms with Gasteiger partial charge in [-0.3, -0.25) is 0 Å². The first-order chi connectivity index (χ1) is 23.3. The number of para-hydroxylation sites is 1. The Morgan fingerprint density at radius 1 is 0.511 bits per heavy atom. The SMILES string of the molecule is C1=C2C=c3c(c4ccc5ccc(-c6ccc(-c7ccc8c9c(cccc79)-c7ccccc7S8)cc6)cc5c4n3-c3ccccc3)=C[C@H]12. The molecule has 1 atom stereocenters. The first-order valence-electron chi connectivity index (χ1n) is 16.3. The summed E-state index contributed by atoms with van der Waals surface area (Å²) < 4.78 is 2.47. The molecule has 0 amide bonds. The summed E-state index contributed by atoms with van der Waals surface area (Å²) in [5, 5.41) is 9.19. The lowest BCUT2D eigenvalue weighted by Crippen LogP contribution is -2.30. The summed E-state index contributed by atoms with van der Waals surface area (Å²) in [7, 11) is 0. The number of fused-ring (bicyclic) bond motifs is 8. The predicted molar refractivity (Wildman–Crippen MR) is 198 cm³/mol. The zero-order valence-electron chi connectivity index (χ0n) is 25.4. The van der Waals surface area contributed by atoms with Crippen molar-refractivity contribution in [3.05, 3.63) is 162 Å². The molecule has 2 aliphatic carbocycles. The average molecular weight is 614 g/mol. The molecule has 2 heterocycles. The third-order valence-corrected chi connectivity index (χ3v) is 11.4. The molecule has 0 fully saturated rings. The van der Waals surface area contributed by atoms with Crippen LogP contribution in [0.1, 0.15) is 0 Å². The minimum atomic E-state index is 0.496. The number of nitrogens with zero attached hydrogens (tertiary/aromatic N) is 1. The van der Waals surface area contributed by atoms with E-state index in [1.54, 1.807) is 0 Å². The second kappa shape index (κ2) is 9.48. The van der Waals surface area contributed by atoms with Gasteiger partial charge in [-0.1, -0.05) is 133 Å². The molecule has 0 saturated carbocycles. The normalized spacial score (nSPS) is 15.4. The molecule has 1 aromatic heterocycles. The Bertz CT molecular complexity index is 2800. The molecule has 3 aliphatic rings. The minimum absolute atomic E-state index is 0.496. The summed E-state index contributed by atoms with van der Waals surface area (Å²) in [5.74, 6) is 0.496. The van der Waals surface area contributed by atoms with Gasteiger partial charge in [0.2, 0.25) is 0 Å². The molecule has 1 nitrogen and oxygen atoms in total. The lowest BCUT2D eigenvalue weighted by molar-refractivity contribution is 1.06. The fourth-order valence-corrected chi connectivity index (χ4v) is 9.07. The zero-order valence-corrected chi connectivity index (χ0v) is 26.3. The third kappa shape index (κ3) is 3.74. The Morgan fingerprint density at radius 2 is 1.30 bits per heavy atom. The number of hydrogen-bond donors (Lipinski definition) is 0. The molecule has 218 valence electrons. The fourth-order valence-electron chi connectivity index (χ4n) is 7.94. The molecule has 0 bridgehead atoms. The molecule has 7 aromatic carbocycles. The van der Waals surface area contributed by atoms with Crippen molar-refractivity contribution in [3.63, 3.8) is 0 Å². The molecule has 1 aliphatic heterocycles. The van der Waals surface area contributed by atoms with Gasteiger partial charge in [0.15, 0.2) is 0 Å². The van der Waals surface area contributed by atoms with Crippen LogP contribution >= 0.6 is 11.8 Å². The molecular weight excluding hydrogens is 587 g/mol. The van der Waals surface area contributed by atoms with E-state index in [1.165, 1.54) is 97.4 Å². The van der Waals surface area contributed by atoms with Gasteiger partial charge in [0.05, 0.1) is 10.9 Å². The Morgan fingerprint density at radius 3 is 2.21 bits per heavy atom. The average Bonchev–Trinajstić information content (AvgIpc) is 3.83. The Balaban J connectivity index is 1.06. The lowest BCUT2D eigenvalue weighted by atomic mass is 9.91. The lowest BCUT2D eigenvalue weighted by Gasteiger charge is -2.21. The van der Waals surface area contributed by atoms with E-state index in [-0.39, 0.29) is 0 Å². The number of allylic oxidation sites excluding steroid dienone is 2. The van der Waals surface area contributed by atoms with Crippen molar-refractivity contribution in [2.75, 3.05) is 0 Å². The van der Waals surface area contributed by atoms with Gasteiger partial charge >= 0.3 is 0 Å². The topological polar surface area (TPSA) is 4.93 Å². The Labute approximate surface area is 276 Å². The highest BCUT2D eigenvalue weighted by Gasteiger charge is 2.26. The largest absolute Gasteiger partial charge is 0.309 e. The van der Waals surface area contributed by atoms with Crippen molar-refractivity contribution in [2.45, 2.75) is 9.79 Å². The van der Waals surface area contributed by atoms with E-state index in [2.05, 4.69) is 162 Å². The number of benzene rings is 7. The van der Waals surface area contributed by atoms with Gasteiger partial charge in [0.1, 0.15) is 0 Å². The molecule has 0 N–H and O–H groups in total. The maximum absolute atomic E-state index is 2.47. The molecular formula is C45H27NS. The molecule has 8 aromatic rings. The zero-order chi connectivity index (χ0) is 30.6. The highest BCUT2D eigenvalue weighted by Crippen LogP contribution is 2.49. The summed E-state index contributed by atoms with van der Waals surface area (Å²) in [4.78, 5) is 2.67. The minimum Gasteiger partial charge on any atom is -0.309 e. The maximum atomic E-state index is 2.47. The van der Waals surface area contributed by atoms with Crippen LogP contribution in [0, 0.1) is 5.92 Å². The van der Waals surface area contributed by atoms with Gasteiger partial charge in [-0.05, 0) is 86.1 Å². The summed E-state index contributed by atoms with van der Waals surface area (Å²) in [6.07, 6.45) is 7.19. The van der Waals surface area contributed by atoms with Crippen molar-refractivity contribution < 1.29 is 0 Å². The summed E-state index contributed by atoms with van der Waals surface area (Å²) in [5.41, 5.74) is 11.6. The van der Waals surface area contributed by atoms with Gasteiger partial charge in [-0.2, -0.15) is 0 Å². The molecule has 0 radical (unpaired) electrons. The fraction of sp³-hybridized carbons (Fsp3) is 0.0222. The quantitative estimate of drug-likeness (QED) is 0.192. The van der Waals surface area contributed by atoms with Gasteiger partial charge in [0, 0.05) is 42.8 Å². The van der Waals surface area contributed by atoms with Crippen molar-refractivity contribution in [2.24, 2.45) is 5.92 Å². The smallest absolute Gasteiger partial charge is 0.0619 e. The third-order valence-electron chi connectivity index (χ3n) is 10.3. The van der Waals surface area contributed by atoms with Gasteiger partial charge < -0.3 is 4.57 Å². The number of hydrogen-bond acceptors (Lipinski definition) is 1.